The molecule has 6 nitrogen and oxygen atoms in total. The largest absolute Gasteiger partial charge is 0.366 e. The van der Waals surface area contributed by atoms with Gasteiger partial charge in [-0.3, -0.25) is 4.79 Å². The number of carbonyl (C=O) groups excluding carboxylic acids is 1. The molecule has 0 radical (unpaired) electrons. The summed E-state index contributed by atoms with van der Waals surface area (Å²) in [5.74, 6) is 1.33. The van der Waals surface area contributed by atoms with Gasteiger partial charge in [-0.1, -0.05) is 66.9 Å². The average molecular weight is 554 g/mol. The van der Waals surface area contributed by atoms with Crippen LogP contribution in [0, 0.1) is 5.82 Å². The van der Waals surface area contributed by atoms with Gasteiger partial charge in [-0.25, -0.2) is 14.4 Å². The van der Waals surface area contributed by atoms with E-state index in [1.807, 2.05) is 46.2 Å². The van der Waals surface area contributed by atoms with Gasteiger partial charge in [0.1, 0.15) is 16.8 Å². The summed E-state index contributed by atoms with van der Waals surface area (Å²) < 4.78 is 14.1. The van der Waals surface area contributed by atoms with Crippen molar-refractivity contribution in [1.82, 2.24) is 14.9 Å². The van der Waals surface area contributed by atoms with E-state index in [2.05, 4.69) is 16.9 Å². The number of aromatic nitrogens is 2. The molecule has 1 amide bonds. The van der Waals surface area contributed by atoms with E-state index in [4.69, 9.17) is 16.6 Å². The van der Waals surface area contributed by atoms with E-state index in [0.29, 0.717) is 59.5 Å². The fourth-order valence-electron chi connectivity index (χ4n) is 5.22. The van der Waals surface area contributed by atoms with Crippen LogP contribution in [0.4, 0.5) is 15.9 Å². The average Bonchev–Trinajstić information content (AvgIpc) is 2.96. The maximum absolute atomic E-state index is 14.1. The summed E-state index contributed by atoms with van der Waals surface area (Å²) in [4.78, 5) is 28.3. The van der Waals surface area contributed by atoms with Crippen molar-refractivity contribution in [3.63, 3.8) is 0 Å². The number of benzene rings is 2. The number of hydrogen-bond acceptors (Lipinski definition) is 6. The zero-order valence-electron chi connectivity index (χ0n) is 21.7. The lowest BCUT2D eigenvalue weighted by Crippen LogP contribution is -2.49. The highest BCUT2D eigenvalue weighted by Crippen LogP contribution is 2.29. The Bertz CT molecular complexity index is 1250. The molecule has 1 saturated heterocycles. The summed E-state index contributed by atoms with van der Waals surface area (Å²) in [6.07, 6.45) is 6.21. The fourth-order valence-corrected chi connectivity index (χ4v) is 6.26. The summed E-state index contributed by atoms with van der Waals surface area (Å²) in [6.45, 7) is 2.35. The minimum atomic E-state index is -0.226. The van der Waals surface area contributed by atoms with Gasteiger partial charge in [-0.05, 0) is 42.7 Å². The molecule has 0 unspecified atom stereocenters. The monoisotopic (exact) mass is 553 g/mol. The van der Waals surface area contributed by atoms with Gasteiger partial charge in [0.2, 0.25) is 0 Å². The van der Waals surface area contributed by atoms with E-state index in [0.717, 1.165) is 11.4 Å². The topological polar surface area (TPSA) is 52.6 Å². The van der Waals surface area contributed by atoms with E-state index >= 15 is 0 Å². The molecule has 200 valence electrons. The third-order valence-electron chi connectivity index (χ3n) is 7.47. The molecule has 0 atom stereocenters. The third kappa shape index (κ3) is 6.41. The number of nitrogens with zero attached hydrogens (tertiary/aromatic N) is 5. The molecule has 0 spiro atoms. The van der Waals surface area contributed by atoms with Gasteiger partial charge in [-0.2, -0.15) is 0 Å². The molecule has 2 aromatic carbocycles. The Kier molecular flexibility index (Phi) is 8.69. The van der Waals surface area contributed by atoms with Crippen LogP contribution < -0.4 is 9.80 Å². The van der Waals surface area contributed by atoms with Crippen LogP contribution in [0.3, 0.4) is 0 Å². The Morgan fingerprint density at radius 1 is 1.03 bits per heavy atom. The number of rotatable bonds is 7. The van der Waals surface area contributed by atoms with Gasteiger partial charge >= 0.3 is 0 Å². The molecular formula is C29H33ClFN5OS. The van der Waals surface area contributed by atoms with Crippen molar-refractivity contribution in [2.24, 2.45) is 0 Å². The van der Waals surface area contributed by atoms with Gasteiger partial charge in [0.25, 0.3) is 5.91 Å². The van der Waals surface area contributed by atoms with E-state index < -0.39 is 0 Å². The summed E-state index contributed by atoms with van der Waals surface area (Å²) in [5.41, 5.74) is 2.34. The molecule has 2 aliphatic rings. The molecule has 1 aliphatic carbocycles. The lowest BCUT2D eigenvalue weighted by Gasteiger charge is -2.36. The number of amides is 1. The number of halogens is 2. The first-order valence-corrected chi connectivity index (χ1v) is 14.6. The quantitative estimate of drug-likeness (QED) is 0.195. The van der Waals surface area contributed by atoms with Crippen molar-refractivity contribution >= 4 is 40.8 Å². The molecule has 38 heavy (non-hydrogen) atoms. The van der Waals surface area contributed by atoms with Gasteiger partial charge in [-0.15, -0.1) is 0 Å². The molecule has 0 N–H and O–H groups in total. The fraction of sp³-hybridized carbons (Fsp3) is 0.414. The number of piperazine rings is 1. The molecule has 5 rings (SSSR count). The first kappa shape index (κ1) is 26.8. The summed E-state index contributed by atoms with van der Waals surface area (Å²) in [7, 11) is 2.10. The number of thioether (sulfide) groups is 1. The maximum atomic E-state index is 14.1. The normalized spacial score (nSPS) is 16.5. The van der Waals surface area contributed by atoms with Gasteiger partial charge in [0.05, 0.1) is 5.69 Å². The van der Waals surface area contributed by atoms with Crippen molar-refractivity contribution in [2.75, 3.05) is 43.0 Å². The molecule has 9 heteroatoms. The highest BCUT2D eigenvalue weighted by atomic mass is 35.5. The van der Waals surface area contributed by atoms with Crippen LogP contribution in [0.15, 0.2) is 59.8 Å². The number of para-hydroxylation sites is 1. The first-order chi connectivity index (χ1) is 18.5. The molecule has 1 aromatic heterocycles. The van der Waals surface area contributed by atoms with Crippen molar-refractivity contribution < 1.29 is 9.18 Å². The predicted molar refractivity (Wildman–Crippen MR) is 153 cm³/mol. The zero-order chi connectivity index (χ0) is 26.5. The Labute approximate surface area is 233 Å². The SMILES string of the molecule is CN(c1cc(Cl)nc(SCc2ccc(C(=O)N3CCN(c4ccccc4F)CC3)cc2)n1)C1CCCCC1. The smallest absolute Gasteiger partial charge is 0.253 e. The summed E-state index contributed by atoms with van der Waals surface area (Å²) in [6, 6.07) is 16.8. The molecule has 1 aliphatic heterocycles. The van der Waals surface area contributed by atoms with Crippen LogP contribution in [-0.2, 0) is 5.75 Å². The van der Waals surface area contributed by atoms with Gasteiger partial charge in [0, 0.05) is 56.7 Å². The molecule has 2 fully saturated rings. The second kappa shape index (κ2) is 12.3. The van der Waals surface area contributed by atoms with E-state index in [9.17, 15) is 9.18 Å². The Balaban J connectivity index is 1.15. The van der Waals surface area contributed by atoms with Crippen LogP contribution in [0.2, 0.25) is 5.15 Å². The standard InChI is InChI=1S/C29H33ClFN5OS/c1-34(23-7-3-2-4-8-23)27-19-26(30)32-29(33-27)38-20-21-11-13-22(14-12-21)28(37)36-17-15-35(16-18-36)25-10-6-5-9-24(25)31/h5-6,9-14,19,23H,2-4,7-8,15-18,20H2,1H3. The van der Waals surface area contributed by atoms with Crippen LogP contribution in [0.5, 0.6) is 0 Å². The number of hydrogen-bond donors (Lipinski definition) is 0. The Morgan fingerprint density at radius 3 is 2.45 bits per heavy atom. The molecule has 3 aromatic rings. The molecular weight excluding hydrogens is 521 g/mol. The molecule has 2 heterocycles. The second-order valence-electron chi connectivity index (χ2n) is 9.95. The minimum absolute atomic E-state index is 0.00551. The second-order valence-corrected chi connectivity index (χ2v) is 11.3. The van der Waals surface area contributed by atoms with Crippen molar-refractivity contribution in [1.29, 1.82) is 0 Å². The van der Waals surface area contributed by atoms with E-state index in [-0.39, 0.29) is 11.7 Å². The molecule has 0 bridgehead atoms. The zero-order valence-corrected chi connectivity index (χ0v) is 23.2. The Hall–Kier alpha value is -2.84. The van der Waals surface area contributed by atoms with Crippen LogP contribution in [0.1, 0.15) is 48.0 Å². The van der Waals surface area contributed by atoms with Gasteiger partial charge in [0.15, 0.2) is 5.16 Å². The predicted octanol–water partition coefficient (Wildman–Crippen LogP) is 6.29. The first-order valence-electron chi connectivity index (χ1n) is 13.3. The minimum Gasteiger partial charge on any atom is -0.366 e. The summed E-state index contributed by atoms with van der Waals surface area (Å²) in [5, 5.41) is 1.11. The summed E-state index contributed by atoms with van der Waals surface area (Å²) >= 11 is 7.88. The highest BCUT2D eigenvalue weighted by molar-refractivity contribution is 7.98. The van der Waals surface area contributed by atoms with Crippen LogP contribution in [-0.4, -0.2) is 60.0 Å². The Morgan fingerprint density at radius 2 is 1.74 bits per heavy atom. The number of anilines is 2. The third-order valence-corrected chi connectivity index (χ3v) is 8.59. The van der Waals surface area contributed by atoms with Crippen molar-refractivity contribution in [3.8, 4) is 0 Å². The van der Waals surface area contributed by atoms with E-state index in [1.54, 1.807) is 23.9 Å². The van der Waals surface area contributed by atoms with Crippen molar-refractivity contribution in [2.45, 2.75) is 49.1 Å². The maximum Gasteiger partial charge on any atom is 0.253 e. The highest BCUT2D eigenvalue weighted by Gasteiger charge is 2.24. The van der Waals surface area contributed by atoms with Crippen LogP contribution >= 0.6 is 23.4 Å². The van der Waals surface area contributed by atoms with E-state index in [1.165, 1.54) is 38.2 Å². The van der Waals surface area contributed by atoms with Gasteiger partial charge < -0.3 is 14.7 Å². The lowest BCUT2D eigenvalue weighted by atomic mass is 9.94. The number of carbonyl (C=O) groups is 1. The lowest BCUT2D eigenvalue weighted by molar-refractivity contribution is 0.0746. The van der Waals surface area contributed by atoms with Crippen LogP contribution in [0.25, 0.3) is 0 Å². The molecule has 1 saturated carbocycles. The van der Waals surface area contributed by atoms with Crippen molar-refractivity contribution in [3.05, 3.63) is 76.7 Å².